The summed E-state index contributed by atoms with van der Waals surface area (Å²) in [6.07, 6.45) is 80.9. The van der Waals surface area contributed by atoms with Gasteiger partial charge in [-0.3, -0.25) is 9.59 Å². The number of carbonyl (C=O) groups excluding carboxylic acids is 2. The van der Waals surface area contributed by atoms with Gasteiger partial charge in [-0.15, -0.1) is 0 Å². The molecule has 0 aliphatic rings. The van der Waals surface area contributed by atoms with Gasteiger partial charge in [-0.25, -0.2) is 0 Å². The highest BCUT2D eigenvalue weighted by molar-refractivity contribution is 5.76. The third-order valence-electron chi connectivity index (χ3n) is 16.0. The van der Waals surface area contributed by atoms with Crippen molar-refractivity contribution in [2.75, 3.05) is 13.2 Å². The molecule has 1 amide bonds. The van der Waals surface area contributed by atoms with E-state index in [1.807, 2.05) is 6.08 Å². The smallest absolute Gasteiger partial charge is 0.305 e. The van der Waals surface area contributed by atoms with Crippen LogP contribution in [0, 0.1) is 0 Å². The maximum absolute atomic E-state index is 12.5. The quantitative estimate of drug-likeness (QED) is 0.0320. The Morgan fingerprint density at radius 3 is 0.947 bits per heavy atom. The van der Waals surface area contributed by atoms with Crippen molar-refractivity contribution >= 4 is 11.9 Å². The Bertz CT molecular complexity index is 1170. The van der Waals surface area contributed by atoms with Crippen LogP contribution in [0.4, 0.5) is 0 Å². The Balaban J connectivity index is 3.44. The van der Waals surface area contributed by atoms with Crippen LogP contribution in [0.2, 0.25) is 0 Å². The first kappa shape index (κ1) is 73.3. The largest absolute Gasteiger partial charge is 0.466 e. The zero-order chi connectivity index (χ0) is 54.3. The van der Waals surface area contributed by atoms with E-state index >= 15 is 0 Å². The Hall–Kier alpha value is -1.66. The summed E-state index contributed by atoms with van der Waals surface area (Å²) in [4.78, 5) is 24.6. The van der Waals surface area contributed by atoms with Crippen molar-refractivity contribution in [2.45, 2.75) is 392 Å². The number of esters is 1. The fraction of sp³-hybridized carbons (Fsp3) is 0.913. The number of rotatable bonds is 64. The van der Waals surface area contributed by atoms with Crippen molar-refractivity contribution < 1.29 is 24.5 Å². The van der Waals surface area contributed by atoms with E-state index in [0.717, 1.165) is 51.4 Å². The fourth-order valence-corrected chi connectivity index (χ4v) is 10.7. The van der Waals surface area contributed by atoms with E-state index in [2.05, 4.69) is 31.3 Å². The monoisotopic (exact) mass is 1060 g/mol. The highest BCUT2D eigenvalue weighted by atomic mass is 16.5. The van der Waals surface area contributed by atoms with Gasteiger partial charge in [0.05, 0.1) is 25.4 Å². The third-order valence-corrected chi connectivity index (χ3v) is 16.0. The molecule has 0 aromatic heterocycles. The van der Waals surface area contributed by atoms with E-state index in [-0.39, 0.29) is 18.5 Å². The van der Waals surface area contributed by atoms with Gasteiger partial charge in [0.15, 0.2) is 0 Å². The van der Waals surface area contributed by atoms with Crippen LogP contribution in [-0.4, -0.2) is 47.4 Å². The van der Waals surface area contributed by atoms with Crippen molar-refractivity contribution in [3.8, 4) is 0 Å². The first-order chi connectivity index (χ1) is 37.0. The Morgan fingerprint density at radius 2 is 0.627 bits per heavy atom. The van der Waals surface area contributed by atoms with Crippen LogP contribution in [-0.2, 0) is 14.3 Å². The first-order valence-electron chi connectivity index (χ1n) is 34.1. The molecular formula is C69H133NO5. The van der Waals surface area contributed by atoms with Crippen LogP contribution < -0.4 is 5.32 Å². The summed E-state index contributed by atoms with van der Waals surface area (Å²) in [6, 6.07) is -0.636. The highest BCUT2D eigenvalue weighted by Gasteiger charge is 2.18. The van der Waals surface area contributed by atoms with Crippen molar-refractivity contribution in [1.82, 2.24) is 5.32 Å². The molecule has 6 heteroatoms. The molecule has 2 unspecified atom stereocenters. The molecular weight excluding hydrogens is 923 g/mol. The number of hydrogen-bond acceptors (Lipinski definition) is 5. The normalized spacial score (nSPS) is 12.6. The fourth-order valence-electron chi connectivity index (χ4n) is 10.7. The minimum Gasteiger partial charge on any atom is -0.466 e. The van der Waals surface area contributed by atoms with Gasteiger partial charge >= 0.3 is 5.97 Å². The summed E-state index contributed by atoms with van der Waals surface area (Å²) in [5, 5.41) is 23.3. The molecule has 0 aliphatic heterocycles. The van der Waals surface area contributed by atoms with Crippen LogP contribution in [0.15, 0.2) is 24.3 Å². The summed E-state index contributed by atoms with van der Waals surface area (Å²) in [6.45, 7) is 4.92. The minimum absolute atomic E-state index is 0.00220. The number of ether oxygens (including phenoxy) is 1. The zero-order valence-corrected chi connectivity index (χ0v) is 50.8. The third kappa shape index (κ3) is 61.4. The topological polar surface area (TPSA) is 95.9 Å². The van der Waals surface area contributed by atoms with Crippen LogP contribution in [0.3, 0.4) is 0 Å². The highest BCUT2D eigenvalue weighted by Crippen LogP contribution is 2.18. The second kappa shape index (κ2) is 64.9. The maximum atomic E-state index is 12.5. The van der Waals surface area contributed by atoms with E-state index < -0.39 is 12.1 Å². The number of amides is 1. The molecule has 0 heterocycles. The molecule has 0 saturated carbocycles. The van der Waals surface area contributed by atoms with E-state index in [1.54, 1.807) is 6.08 Å². The van der Waals surface area contributed by atoms with E-state index in [9.17, 15) is 19.8 Å². The Labute approximate surface area is 469 Å². The lowest BCUT2D eigenvalue weighted by molar-refractivity contribution is -0.143. The molecule has 3 N–H and O–H groups in total. The van der Waals surface area contributed by atoms with Crippen LogP contribution in [0.25, 0.3) is 0 Å². The predicted octanol–water partition coefficient (Wildman–Crippen LogP) is 21.8. The molecule has 0 saturated heterocycles. The Morgan fingerprint density at radius 1 is 0.360 bits per heavy atom. The number of aliphatic hydroxyl groups excluding tert-OH is 2. The molecule has 0 radical (unpaired) electrons. The average Bonchev–Trinajstić information content (AvgIpc) is 3.41. The molecule has 2 atom stereocenters. The standard InChI is InChI=1S/C69H133NO5/c1-3-5-7-9-11-13-15-17-19-21-23-24-25-26-27-28-29-30-33-37-41-45-49-53-57-61-67(72)66(65-71)70-68(73)62-58-54-50-46-42-38-34-32-36-40-44-48-52-56-60-64-75-69(74)63-59-55-51-47-43-39-35-31-22-20-18-16-14-12-10-8-6-4-2/h20,22,57,61,66-67,71-72H,3-19,21,23-56,58-60,62-65H2,1-2H3,(H,70,73)/b22-20-,61-57+. The predicted molar refractivity (Wildman–Crippen MR) is 329 cm³/mol. The zero-order valence-electron chi connectivity index (χ0n) is 50.8. The van der Waals surface area contributed by atoms with Gasteiger partial charge in [0, 0.05) is 12.8 Å². The second-order valence-electron chi connectivity index (χ2n) is 23.5. The summed E-state index contributed by atoms with van der Waals surface area (Å²) in [5.74, 6) is -0.0745. The lowest BCUT2D eigenvalue weighted by Crippen LogP contribution is -2.45. The van der Waals surface area contributed by atoms with E-state index in [0.29, 0.717) is 19.4 Å². The summed E-state index contributed by atoms with van der Waals surface area (Å²) in [5.41, 5.74) is 0. The summed E-state index contributed by atoms with van der Waals surface area (Å²) < 4.78 is 5.49. The number of unbranched alkanes of at least 4 members (excludes halogenated alkanes) is 51. The number of carbonyl (C=O) groups is 2. The van der Waals surface area contributed by atoms with Gasteiger partial charge < -0.3 is 20.3 Å². The number of allylic oxidation sites excluding steroid dienone is 3. The molecule has 0 aromatic carbocycles. The molecule has 0 aromatic rings. The van der Waals surface area contributed by atoms with Gasteiger partial charge in [0.2, 0.25) is 5.91 Å². The average molecular weight is 1060 g/mol. The molecule has 0 fully saturated rings. The maximum Gasteiger partial charge on any atom is 0.305 e. The van der Waals surface area contributed by atoms with Gasteiger partial charge in [0.1, 0.15) is 0 Å². The molecule has 0 aliphatic carbocycles. The molecule has 444 valence electrons. The van der Waals surface area contributed by atoms with Crippen molar-refractivity contribution in [3.63, 3.8) is 0 Å². The van der Waals surface area contributed by atoms with Crippen molar-refractivity contribution in [2.24, 2.45) is 0 Å². The lowest BCUT2D eigenvalue weighted by atomic mass is 10.0. The van der Waals surface area contributed by atoms with Gasteiger partial charge in [-0.05, 0) is 57.8 Å². The molecule has 0 spiro atoms. The molecule has 75 heavy (non-hydrogen) atoms. The summed E-state index contributed by atoms with van der Waals surface area (Å²) in [7, 11) is 0. The first-order valence-corrected chi connectivity index (χ1v) is 34.1. The second-order valence-corrected chi connectivity index (χ2v) is 23.5. The van der Waals surface area contributed by atoms with Crippen LogP contribution >= 0.6 is 0 Å². The number of nitrogens with one attached hydrogen (secondary N) is 1. The van der Waals surface area contributed by atoms with Crippen molar-refractivity contribution in [3.05, 3.63) is 24.3 Å². The molecule has 0 rings (SSSR count). The number of hydrogen-bond donors (Lipinski definition) is 3. The molecule has 0 bridgehead atoms. The van der Waals surface area contributed by atoms with Crippen LogP contribution in [0.1, 0.15) is 380 Å². The summed E-state index contributed by atoms with van der Waals surface area (Å²) >= 11 is 0. The molecule has 6 nitrogen and oxygen atoms in total. The van der Waals surface area contributed by atoms with E-state index in [1.165, 1.54) is 302 Å². The van der Waals surface area contributed by atoms with Gasteiger partial charge in [-0.2, -0.15) is 0 Å². The van der Waals surface area contributed by atoms with E-state index in [4.69, 9.17) is 4.74 Å². The van der Waals surface area contributed by atoms with Gasteiger partial charge in [0.25, 0.3) is 0 Å². The van der Waals surface area contributed by atoms with Crippen molar-refractivity contribution in [1.29, 1.82) is 0 Å². The van der Waals surface area contributed by atoms with Gasteiger partial charge in [-0.1, -0.05) is 334 Å². The minimum atomic E-state index is -0.852. The lowest BCUT2D eigenvalue weighted by Gasteiger charge is -2.20. The Kier molecular flexibility index (Phi) is 63.4. The number of aliphatic hydroxyl groups is 2. The SMILES string of the molecule is CCCCCCCCC/C=C\CCCCCCCCCC(=O)OCCCCCCCCCCCCCCCCCC(=O)NC(CO)C(O)/C=C/CCCCCCCCCCCCCCCCCCCCCCCCC. The van der Waals surface area contributed by atoms with Crippen LogP contribution in [0.5, 0.6) is 0 Å².